The molecule has 6 nitrogen and oxygen atoms in total. The number of nitrogens with zero attached hydrogens (tertiary/aromatic N) is 2. The number of anilines is 1. The lowest BCUT2D eigenvalue weighted by molar-refractivity contribution is -0.118. The van der Waals surface area contributed by atoms with Crippen molar-refractivity contribution in [2.24, 2.45) is 11.0 Å². The molecular weight excluding hydrogens is 380 g/mol. The number of hydrogen-bond acceptors (Lipinski definition) is 5. The van der Waals surface area contributed by atoms with Crippen LogP contribution >= 0.6 is 0 Å². The number of Topliss-reactive ketones (excluding diaryl/α,β-unsaturated/α-hetero) is 1. The molecule has 0 saturated heterocycles. The fraction of sp³-hybridized carbons (Fsp3) is 0.125. The van der Waals surface area contributed by atoms with Crippen molar-refractivity contribution in [3.8, 4) is 11.5 Å². The zero-order valence-corrected chi connectivity index (χ0v) is 16.6. The SMILES string of the molecule is COc1ccc(C(=O)C2C(=O)N(c3ccccc3)N=C2c2ccccc2)c(OC)c1. The molecular formula is C24H20N2O4. The van der Waals surface area contributed by atoms with E-state index in [1.165, 1.54) is 19.2 Å². The number of ether oxygens (including phenoxy) is 2. The van der Waals surface area contributed by atoms with E-state index in [0.29, 0.717) is 28.5 Å². The summed E-state index contributed by atoms with van der Waals surface area (Å²) < 4.78 is 10.6. The number of hydrogen-bond donors (Lipinski definition) is 0. The minimum absolute atomic E-state index is 0.301. The lowest BCUT2D eigenvalue weighted by atomic mass is 9.89. The second-order valence-electron chi connectivity index (χ2n) is 6.70. The van der Waals surface area contributed by atoms with Gasteiger partial charge in [-0.3, -0.25) is 9.59 Å². The Balaban J connectivity index is 1.80. The fourth-order valence-electron chi connectivity index (χ4n) is 3.44. The first-order valence-electron chi connectivity index (χ1n) is 9.43. The van der Waals surface area contributed by atoms with E-state index in [0.717, 1.165) is 5.56 Å². The van der Waals surface area contributed by atoms with Gasteiger partial charge in [0.1, 0.15) is 17.4 Å². The van der Waals surface area contributed by atoms with Gasteiger partial charge in [-0.05, 0) is 29.8 Å². The lowest BCUT2D eigenvalue weighted by Gasteiger charge is -2.15. The molecule has 4 rings (SSSR count). The van der Waals surface area contributed by atoms with Gasteiger partial charge < -0.3 is 9.47 Å². The number of amides is 1. The van der Waals surface area contributed by atoms with Crippen molar-refractivity contribution in [2.45, 2.75) is 0 Å². The monoisotopic (exact) mass is 400 g/mol. The van der Waals surface area contributed by atoms with Crippen LogP contribution in [0.1, 0.15) is 15.9 Å². The van der Waals surface area contributed by atoms with Gasteiger partial charge in [0.2, 0.25) is 0 Å². The molecule has 1 atom stereocenters. The molecule has 150 valence electrons. The highest BCUT2D eigenvalue weighted by Crippen LogP contribution is 2.32. The summed E-state index contributed by atoms with van der Waals surface area (Å²) >= 11 is 0. The number of methoxy groups -OCH3 is 2. The minimum atomic E-state index is -1.07. The van der Waals surface area contributed by atoms with Gasteiger partial charge in [0, 0.05) is 6.07 Å². The van der Waals surface area contributed by atoms with Crippen LogP contribution in [0.4, 0.5) is 5.69 Å². The first kappa shape index (κ1) is 19.4. The van der Waals surface area contributed by atoms with E-state index in [9.17, 15) is 9.59 Å². The summed E-state index contributed by atoms with van der Waals surface area (Å²) in [6, 6.07) is 23.2. The maximum Gasteiger partial charge on any atom is 0.264 e. The Morgan fingerprint density at radius 2 is 1.57 bits per heavy atom. The van der Waals surface area contributed by atoms with Gasteiger partial charge in [0.25, 0.3) is 5.91 Å². The van der Waals surface area contributed by atoms with Crippen LogP contribution < -0.4 is 14.5 Å². The summed E-state index contributed by atoms with van der Waals surface area (Å²) in [5.74, 6) is -0.944. The number of para-hydroxylation sites is 1. The molecule has 0 radical (unpaired) electrons. The Morgan fingerprint density at radius 1 is 0.900 bits per heavy atom. The standard InChI is InChI=1S/C24H20N2O4/c1-29-18-13-14-19(20(15-18)30-2)23(27)21-22(16-9-5-3-6-10-16)25-26(24(21)28)17-11-7-4-8-12-17/h3-15,21H,1-2H3. The second-order valence-corrected chi connectivity index (χ2v) is 6.70. The molecule has 1 aliphatic rings. The molecule has 0 N–H and O–H groups in total. The first-order valence-corrected chi connectivity index (χ1v) is 9.43. The smallest absolute Gasteiger partial charge is 0.264 e. The zero-order valence-electron chi connectivity index (χ0n) is 16.6. The van der Waals surface area contributed by atoms with Crippen molar-refractivity contribution in [3.63, 3.8) is 0 Å². The number of carbonyl (C=O) groups is 2. The second kappa shape index (κ2) is 8.21. The molecule has 0 saturated carbocycles. The van der Waals surface area contributed by atoms with Gasteiger partial charge in [0.15, 0.2) is 5.78 Å². The molecule has 1 unspecified atom stereocenters. The third kappa shape index (κ3) is 3.43. The highest BCUT2D eigenvalue weighted by Gasteiger charge is 2.43. The van der Waals surface area contributed by atoms with Gasteiger partial charge in [-0.1, -0.05) is 48.5 Å². The molecule has 0 bridgehead atoms. The Bertz CT molecular complexity index is 1110. The number of ketones is 1. The van der Waals surface area contributed by atoms with Crippen LogP contribution in [-0.4, -0.2) is 31.6 Å². The van der Waals surface area contributed by atoms with Gasteiger partial charge >= 0.3 is 0 Å². The Hall–Kier alpha value is -3.93. The predicted octanol–water partition coefficient (Wildman–Crippen LogP) is 3.95. The van der Waals surface area contributed by atoms with Crippen molar-refractivity contribution in [1.82, 2.24) is 0 Å². The molecule has 3 aromatic carbocycles. The third-order valence-electron chi connectivity index (χ3n) is 4.94. The average molecular weight is 400 g/mol. The molecule has 0 aromatic heterocycles. The lowest BCUT2D eigenvalue weighted by Crippen LogP contribution is -2.33. The molecule has 1 amide bonds. The van der Waals surface area contributed by atoms with Crippen molar-refractivity contribution in [3.05, 3.63) is 90.0 Å². The number of carbonyl (C=O) groups excluding carboxylic acids is 2. The van der Waals surface area contributed by atoms with Gasteiger partial charge in [-0.25, -0.2) is 0 Å². The molecule has 6 heteroatoms. The molecule has 1 aliphatic heterocycles. The number of hydrazone groups is 1. The normalized spacial score (nSPS) is 15.7. The molecule has 0 fully saturated rings. The van der Waals surface area contributed by atoms with Crippen LogP contribution in [0.5, 0.6) is 11.5 Å². The van der Waals surface area contributed by atoms with Crippen molar-refractivity contribution < 1.29 is 19.1 Å². The van der Waals surface area contributed by atoms with Crippen molar-refractivity contribution >= 4 is 23.1 Å². The van der Waals surface area contributed by atoms with E-state index in [-0.39, 0.29) is 5.78 Å². The molecule has 0 aliphatic carbocycles. The molecule has 0 spiro atoms. The number of rotatable bonds is 6. The Labute approximate surface area is 174 Å². The largest absolute Gasteiger partial charge is 0.497 e. The highest BCUT2D eigenvalue weighted by molar-refractivity contribution is 6.35. The summed E-state index contributed by atoms with van der Waals surface area (Å²) in [4.78, 5) is 26.9. The van der Waals surface area contributed by atoms with E-state index >= 15 is 0 Å². The number of benzene rings is 3. The van der Waals surface area contributed by atoms with Crippen LogP contribution in [0.15, 0.2) is 84.0 Å². The average Bonchev–Trinajstić information content (AvgIpc) is 3.16. The van der Waals surface area contributed by atoms with Gasteiger partial charge in [-0.2, -0.15) is 10.1 Å². The zero-order chi connectivity index (χ0) is 21.1. The summed E-state index contributed by atoms with van der Waals surface area (Å²) in [5.41, 5.74) is 2.03. The van der Waals surface area contributed by atoms with Crippen LogP contribution in [0.3, 0.4) is 0 Å². The minimum Gasteiger partial charge on any atom is -0.497 e. The van der Waals surface area contributed by atoms with Crippen LogP contribution in [0.25, 0.3) is 0 Å². The molecule has 3 aromatic rings. The summed E-state index contributed by atoms with van der Waals surface area (Å²) in [6.45, 7) is 0. The van der Waals surface area contributed by atoms with Gasteiger partial charge in [0.05, 0.1) is 31.2 Å². The predicted molar refractivity (Wildman–Crippen MR) is 114 cm³/mol. The Kier molecular flexibility index (Phi) is 5.30. The molecule has 30 heavy (non-hydrogen) atoms. The van der Waals surface area contributed by atoms with Crippen molar-refractivity contribution in [2.75, 3.05) is 19.2 Å². The topological polar surface area (TPSA) is 68.2 Å². The van der Waals surface area contributed by atoms with E-state index in [1.54, 1.807) is 30.3 Å². The maximum atomic E-state index is 13.5. The summed E-state index contributed by atoms with van der Waals surface area (Å²) in [6.07, 6.45) is 0. The Morgan fingerprint density at radius 3 is 2.20 bits per heavy atom. The van der Waals surface area contributed by atoms with Crippen LogP contribution in [-0.2, 0) is 4.79 Å². The maximum absolute atomic E-state index is 13.5. The van der Waals surface area contributed by atoms with Gasteiger partial charge in [-0.15, -0.1) is 0 Å². The highest BCUT2D eigenvalue weighted by atomic mass is 16.5. The van der Waals surface area contributed by atoms with Crippen LogP contribution in [0.2, 0.25) is 0 Å². The third-order valence-corrected chi connectivity index (χ3v) is 4.94. The van der Waals surface area contributed by atoms with E-state index < -0.39 is 11.8 Å². The van der Waals surface area contributed by atoms with E-state index in [4.69, 9.17) is 9.47 Å². The molecule has 1 heterocycles. The summed E-state index contributed by atoms with van der Waals surface area (Å²) in [7, 11) is 3.01. The van der Waals surface area contributed by atoms with Crippen LogP contribution in [0, 0.1) is 5.92 Å². The van der Waals surface area contributed by atoms with E-state index in [2.05, 4.69) is 5.10 Å². The fourth-order valence-corrected chi connectivity index (χ4v) is 3.44. The first-order chi connectivity index (χ1) is 14.6. The quantitative estimate of drug-likeness (QED) is 0.464. The van der Waals surface area contributed by atoms with E-state index in [1.807, 2.05) is 48.5 Å². The summed E-state index contributed by atoms with van der Waals surface area (Å²) in [5, 5.41) is 5.83. The van der Waals surface area contributed by atoms with Crippen molar-refractivity contribution in [1.29, 1.82) is 0 Å².